The first-order chi connectivity index (χ1) is 5.75. The number of ether oxygens (including phenoxy) is 1. The van der Waals surface area contributed by atoms with Gasteiger partial charge >= 0.3 is 0 Å². The number of hydrogen-bond acceptors (Lipinski definition) is 2. The quantitative estimate of drug-likeness (QED) is 0.691. The van der Waals surface area contributed by atoms with E-state index in [-0.39, 0.29) is 0 Å². The Morgan fingerprint density at radius 2 is 2.33 bits per heavy atom. The molecular formula is C9H18BrNO. The summed E-state index contributed by atoms with van der Waals surface area (Å²) >= 11 is 3.48. The fourth-order valence-corrected chi connectivity index (χ4v) is 2.15. The Labute approximate surface area is 83.4 Å². The van der Waals surface area contributed by atoms with Crippen LogP contribution in [0.25, 0.3) is 0 Å². The lowest BCUT2D eigenvalue weighted by atomic mass is 10.2. The number of hydrogen-bond donors (Lipinski definition) is 0. The lowest BCUT2D eigenvalue weighted by molar-refractivity contribution is 0.127. The van der Waals surface area contributed by atoms with Gasteiger partial charge in [-0.25, -0.2) is 0 Å². The van der Waals surface area contributed by atoms with Crippen LogP contribution in [0.4, 0.5) is 0 Å². The molecule has 1 saturated heterocycles. The molecule has 0 aromatic carbocycles. The summed E-state index contributed by atoms with van der Waals surface area (Å²) in [6, 6.07) is 1.29. The fraction of sp³-hybridized carbons (Fsp3) is 1.00. The molecule has 0 N–H and O–H groups in total. The zero-order chi connectivity index (χ0) is 8.97. The van der Waals surface area contributed by atoms with Crippen molar-refractivity contribution in [2.75, 3.05) is 25.1 Å². The number of halogens is 1. The van der Waals surface area contributed by atoms with E-state index in [2.05, 4.69) is 34.7 Å². The second-order valence-electron chi connectivity index (χ2n) is 3.54. The summed E-state index contributed by atoms with van der Waals surface area (Å²) in [5.41, 5.74) is 0. The zero-order valence-corrected chi connectivity index (χ0v) is 9.51. The summed E-state index contributed by atoms with van der Waals surface area (Å²) in [6.07, 6.45) is 1.20. The van der Waals surface area contributed by atoms with Crippen LogP contribution in [-0.2, 0) is 4.74 Å². The number of nitrogens with zero attached hydrogens (tertiary/aromatic N) is 1. The van der Waals surface area contributed by atoms with Gasteiger partial charge in [0.15, 0.2) is 0 Å². The molecule has 0 amide bonds. The molecule has 1 aliphatic heterocycles. The molecule has 12 heavy (non-hydrogen) atoms. The van der Waals surface area contributed by atoms with Gasteiger partial charge in [-0.1, -0.05) is 15.9 Å². The van der Waals surface area contributed by atoms with Crippen LogP contribution in [0.2, 0.25) is 0 Å². The Morgan fingerprint density at radius 1 is 1.58 bits per heavy atom. The first-order valence-electron chi connectivity index (χ1n) is 4.65. The molecule has 2 nitrogen and oxygen atoms in total. The molecule has 0 aromatic rings. The van der Waals surface area contributed by atoms with E-state index in [0.717, 1.165) is 25.1 Å². The van der Waals surface area contributed by atoms with Gasteiger partial charge in [0.05, 0.1) is 6.61 Å². The summed E-state index contributed by atoms with van der Waals surface area (Å²) in [5.74, 6) is 0. The van der Waals surface area contributed by atoms with Crippen LogP contribution in [0, 0.1) is 0 Å². The van der Waals surface area contributed by atoms with Crippen molar-refractivity contribution in [2.24, 2.45) is 0 Å². The van der Waals surface area contributed by atoms with E-state index in [1.54, 1.807) is 0 Å². The van der Waals surface area contributed by atoms with Gasteiger partial charge in [-0.3, -0.25) is 4.90 Å². The SMILES string of the molecule is CC(C)N(CCBr)C1CCOC1. The average Bonchev–Trinajstić information content (AvgIpc) is 2.51. The third kappa shape index (κ3) is 2.71. The zero-order valence-electron chi connectivity index (χ0n) is 7.92. The van der Waals surface area contributed by atoms with Crippen LogP contribution >= 0.6 is 15.9 Å². The highest BCUT2D eigenvalue weighted by Crippen LogP contribution is 2.15. The maximum absolute atomic E-state index is 5.38. The highest BCUT2D eigenvalue weighted by molar-refractivity contribution is 9.09. The molecule has 3 heteroatoms. The monoisotopic (exact) mass is 235 g/mol. The maximum Gasteiger partial charge on any atom is 0.0622 e. The molecule has 0 radical (unpaired) electrons. The van der Waals surface area contributed by atoms with Crippen molar-refractivity contribution >= 4 is 15.9 Å². The molecule has 0 aromatic heterocycles. The smallest absolute Gasteiger partial charge is 0.0622 e. The summed E-state index contributed by atoms with van der Waals surface area (Å²) in [5, 5.41) is 1.06. The highest BCUT2D eigenvalue weighted by Gasteiger charge is 2.24. The molecule has 1 atom stereocenters. The van der Waals surface area contributed by atoms with Crippen molar-refractivity contribution in [1.82, 2.24) is 4.90 Å². The average molecular weight is 236 g/mol. The second-order valence-corrected chi connectivity index (χ2v) is 4.33. The van der Waals surface area contributed by atoms with Gasteiger partial charge in [0.1, 0.15) is 0 Å². The molecule has 1 heterocycles. The molecule has 1 unspecified atom stereocenters. The topological polar surface area (TPSA) is 12.5 Å². The van der Waals surface area contributed by atoms with Gasteiger partial charge in [0.2, 0.25) is 0 Å². The second kappa shape index (κ2) is 5.20. The van der Waals surface area contributed by atoms with Crippen LogP contribution in [0.5, 0.6) is 0 Å². The minimum atomic E-state index is 0.634. The molecular weight excluding hydrogens is 218 g/mol. The Bertz CT molecular complexity index is 124. The molecule has 0 aliphatic carbocycles. The lowest BCUT2D eigenvalue weighted by Gasteiger charge is -2.30. The molecule has 0 saturated carbocycles. The Morgan fingerprint density at radius 3 is 2.75 bits per heavy atom. The van der Waals surface area contributed by atoms with Gasteiger partial charge in [0.25, 0.3) is 0 Å². The van der Waals surface area contributed by atoms with Crippen molar-refractivity contribution in [3.8, 4) is 0 Å². The predicted octanol–water partition coefficient (Wildman–Crippen LogP) is 1.88. The third-order valence-corrected chi connectivity index (χ3v) is 2.74. The van der Waals surface area contributed by atoms with Crippen molar-refractivity contribution in [3.05, 3.63) is 0 Å². The summed E-state index contributed by atoms with van der Waals surface area (Å²) in [7, 11) is 0. The summed E-state index contributed by atoms with van der Waals surface area (Å²) < 4.78 is 5.38. The molecule has 1 aliphatic rings. The van der Waals surface area contributed by atoms with Crippen molar-refractivity contribution < 1.29 is 4.74 Å². The van der Waals surface area contributed by atoms with Gasteiger partial charge in [-0.05, 0) is 20.3 Å². The normalized spacial score (nSPS) is 24.2. The minimum Gasteiger partial charge on any atom is -0.380 e. The molecule has 1 fully saturated rings. The largest absolute Gasteiger partial charge is 0.380 e. The van der Waals surface area contributed by atoms with Gasteiger partial charge < -0.3 is 4.74 Å². The third-order valence-electron chi connectivity index (χ3n) is 2.38. The first-order valence-corrected chi connectivity index (χ1v) is 5.77. The van der Waals surface area contributed by atoms with E-state index in [0.29, 0.717) is 12.1 Å². The lowest BCUT2D eigenvalue weighted by Crippen LogP contribution is -2.41. The van der Waals surface area contributed by atoms with E-state index in [1.807, 2.05) is 0 Å². The van der Waals surface area contributed by atoms with Crippen molar-refractivity contribution in [1.29, 1.82) is 0 Å². The van der Waals surface area contributed by atoms with Gasteiger partial charge in [-0.2, -0.15) is 0 Å². The maximum atomic E-state index is 5.38. The van der Waals surface area contributed by atoms with Crippen LogP contribution in [0.3, 0.4) is 0 Å². The van der Waals surface area contributed by atoms with Gasteiger partial charge in [-0.15, -0.1) is 0 Å². The number of alkyl halides is 1. The molecule has 72 valence electrons. The van der Waals surface area contributed by atoms with E-state index in [4.69, 9.17) is 4.74 Å². The Kier molecular flexibility index (Phi) is 4.54. The van der Waals surface area contributed by atoms with Crippen molar-refractivity contribution in [3.63, 3.8) is 0 Å². The van der Waals surface area contributed by atoms with Crippen molar-refractivity contribution in [2.45, 2.75) is 32.4 Å². The summed E-state index contributed by atoms with van der Waals surface area (Å²) in [6.45, 7) is 7.50. The highest BCUT2D eigenvalue weighted by atomic mass is 79.9. The summed E-state index contributed by atoms with van der Waals surface area (Å²) in [4.78, 5) is 2.52. The standard InChI is InChI=1S/C9H18BrNO/c1-8(2)11(5-4-10)9-3-6-12-7-9/h8-9H,3-7H2,1-2H3. The predicted molar refractivity (Wildman–Crippen MR) is 54.9 cm³/mol. The van der Waals surface area contributed by atoms with Gasteiger partial charge in [0, 0.05) is 30.6 Å². The first kappa shape index (κ1) is 10.5. The van der Waals surface area contributed by atoms with E-state index in [9.17, 15) is 0 Å². The van der Waals surface area contributed by atoms with Crippen LogP contribution in [0.15, 0.2) is 0 Å². The molecule has 0 bridgehead atoms. The van der Waals surface area contributed by atoms with Crippen LogP contribution in [-0.4, -0.2) is 42.1 Å². The molecule has 1 rings (SSSR count). The van der Waals surface area contributed by atoms with E-state index < -0.39 is 0 Å². The Balaban J connectivity index is 2.40. The molecule has 0 spiro atoms. The fourth-order valence-electron chi connectivity index (χ4n) is 1.74. The minimum absolute atomic E-state index is 0.634. The number of rotatable bonds is 4. The van der Waals surface area contributed by atoms with E-state index in [1.165, 1.54) is 6.42 Å². The van der Waals surface area contributed by atoms with Crippen LogP contribution < -0.4 is 0 Å². The Hall–Kier alpha value is 0.400. The van der Waals surface area contributed by atoms with E-state index >= 15 is 0 Å². The van der Waals surface area contributed by atoms with Crippen LogP contribution in [0.1, 0.15) is 20.3 Å².